The summed E-state index contributed by atoms with van der Waals surface area (Å²) in [4.78, 5) is 0.263. The smallest absolute Gasteiger partial charge is 0.240 e. The monoisotopic (exact) mass is 298 g/mol. The predicted molar refractivity (Wildman–Crippen MR) is 78.8 cm³/mol. The van der Waals surface area contributed by atoms with Crippen molar-refractivity contribution in [3.05, 3.63) is 23.8 Å². The molecule has 2 unspecified atom stereocenters. The molecule has 1 aromatic rings. The highest BCUT2D eigenvalue weighted by molar-refractivity contribution is 7.89. The molecule has 1 aromatic carbocycles. The molecule has 20 heavy (non-hydrogen) atoms. The zero-order chi connectivity index (χ0) is 14.8. The van der Waals surface area contributed by atoms with E-state index in [1.54, 1.807) is 12.1 Å². The van der Waals surface area contributed by atoms with Gasteiger partial charge in [-0.3, -0.25) is 0 Å². The lowest BCUT2D eigenvalue weighted by Crippen LogP contribution is -2.29. The summed E-state index contributed by atoms with van der Waals surface area (Å²) in [5.74, 6) is 0.214. The summed E-state index contributed by atoms with van der Waals surface area (Å²) in [6, 6.07) is 4.97. The van der Waals surface area contributed by atoms with Crippen molar-refractivity contribution in [2.45, 2.75) is 43.6 Å². The largest absolute Gasteiger partial charge is 0.399 e. The van der Waals surface area contributed by atoms with Crippen molar-refractivity contribution in [2.75, 3.05) is 12.3 Å². The van der Waals surface area contributed by atoms with Crippen LogP contribution in [0.15, 0.2) is 23.1 Å². The Morgan fingerprint density at radius 2 is 2.15 bits per heavy atom. The molecule has 0 aliphatic heterocycles. The number of hydrogen-bond donors (Lipinski definition) is 3. The molecule has 112 valence electrons. The minimum absolute atomic E-state index is 0.214. The van der Waals surface area contributed by atoms with Crippen molar-refractivity contribution in [1.29, 1.82) is 0 Å². The fourth-order valence-electron chi connectivity index (χ4n) is 2.65. The molecular weight excluding hydrogens is 276 g/mol. The van der Waals surface area contributed by atoms with E-state index in [4.69, 9.17) is 5.73 Å². The third-order valence-electron chi connectivity index (χ3n) is 3.84. The molecule has 1 saturated carbocycles. The molecule has 0 heterocycles. The van der Waals surface area contributed by atoms with Gasteiger partial charge in [0.1, 0.15) is 0 Å². The number of aliphatic hydroxyl groups excluding tert-OH is 1. The number of aryl methyl sites for hydroxylation is 1. The summed E-state index contributed by atoms with van der Waals surface area (Å²) >= 11 is 0. The molecule has 0 radical (unpaired) electrons. The van der Waals surface area contributed by atoms with E-state index in [0.717, 1.165) is 18.4 Å². The zero-order valence-electron chi connectivity index (χ0n) is 11.7. The average Bonchev–Trinajstić information content (AvgIpc) is 2.82. The predicted octanol–water partition coefficient (Wildman–Crippen LogP) is 1.27. The van der Waals surface area contributed by atoms with E-state index < -0.39 is 10.0 Å². The molecule has 6 heteroatoms. The molecule has 1 fully saturated rings. The van der Waals surface area contributed by atoms with Gasteiger partial charge in [0.25, 0.3) is 0 Å². The first kappa shape index (κ1) is 15.3. The van der Waals surface area contributed by atoms with E-state index in [-0.39, 0.29) is 16.9 Å². The summed E-state index contributed by atoms with van der Waals surface area (Å²) in [6.07, 6.45) is 2.63. The van der Waals surface area contributed by atoms with Crippen LogP contribution in [-0.2, 0) is 16.4 Å². The Morgan fingerprint density at radius 1 is 1.40 bits per heavy atom. The average molecular weight is 298 g/mol. The molecule has 0 spiro atoms. The molecule has 1 aliphatic rings. The lowest BCUT2D eigenvalue weighted by Gasteiger charge is -2.14. The first-order valence-corrected chi connectivity index (χ1v) is 8.47. The number of aliphatic hydroxyl groups is 1. The van der Waals surface area contributed by atoms with Crippen LogP contribution in [-0.4, -0.2) is 26.2 Å². The van der Waals surface area contributed by atoms with Gasteiger partial charge in [0.2, 0.25) is 10.0 Å². The van der Waals surface area contributed by atoms with Crippen molar-refractivity contribution in [3.8, 4) is 0 Å². The summed E-state index contributed by atoms with van der Waals surface area (Å²) in [7, 11) is -3.54. The number of nitrogens with two attached hydrogens (primary N) is 1. The third kappa shape index (κ3) is 3.50. The second-order valence-corrected chi connectivity index (χ2v) is 7.14. The lowest BCUT2D eigenvalue weighted by molar-refractivity contribution is 0.178. The molecule has 0 bridgehead atoms. The Balaban J connectivity index is 2.12. The minimum Gasteiger partial charge on any atom is -0.399 e. The van der Waals surface area contributed by atoms with Gasteiger partial charge in [-0.05, 0) is 49.3 Å². The fraction of sp³-hybridized carbons (Fsp3) is 0.571. The number of sulfonamides is 1. The van der Waals surface area contributed by atoms with Crippen LogP contribution < -0.4 is 10.5 Å². The van der Waals surface area contributed by atoms with Gasteiger partial charge in [-0.25, -0.2) is 13.1 Å². The van der Waals surface area contributed by atoms with Crippen LogP contribution >= 0.6 is 0 Å². The van der Waals surface area contributed by atoms with Crippen LogP contribution in [0.5, 0.6) is 0 Å². The van der Waals surface area contributed by atoms with Crippen LogP contribution in [0.1, 0.15) is 31.7 Å². The lowest BCUT2D eigenvalue weighted by atomic mass is 10.1. The third-order valence-corrected chi connectivity index (χ3v) is 5.34. The highest BCUT2D eigenvalue weighted by Gasteiger charge is 2.25. The second kappa shape index (κ2) is 6.11. The fourth-order valence-corrected chi connectivity index (χ4v) is 4.11. The zero-order valence-corrected chi connectivity index (χ0v) is 12.5. The SMILES string of the molecule is CCc1ccc(N)cc1S(=O)(=O)NCC1CCC(O)C1. The maximum atomic E-state index is 12.4. The maximum absolute atomic E-state index is 12.4. The van der Waals surface area contributed by atoms with E-state index in [1.165, 1.54) is 6.07 Å². The van der Waals surface area contributed by atoms with Gasteiger partial charge in [-0.1, -0.05) is 13.0 Å². The topological polar surface area (TPSA) is 92.4 Å². The van der Waals surface area contributed by atoms with Crippen molar-refractivity contribution < 1.29 is 13.5 Å². The summed E-state index contributed by atoms with van der Waals surface area (Å²) < 4.78 is 27.4. The van der Waals surface area contributed by atoms with Gasteiger partial charge < -0.3 is 10.8 Å². The van der Waals surface area contributed by atoms with E-state index in [1.807, 2.05) is 6.92 Å². The van der Waals surface area contributed by atoms with Gasteiger partial charge in [-0.2, -0.15) is 0 Å². The van der Waals surface area contributed by atoms with Gasteiger partial charge >= 0.3 is 0 Å². The van der Waals surface area contributed by atoms with Crippen molar-refractivity contribution in [1.82, 2.24) is 4.72 Å². The molecule has 2 rings (SSSR count). The van der Waals surface area contributed by atoms with Crippen molar-refractivity contribution >= 4 is 15.7 Å². The molecule has 5 nitrogen and oxygen atoms in total. The van der Waals surface area contributed by atoms with Gasteiger partial charge in [0.05, 0.1) is 11.0 Å². The standard InChI is InChI=1S/C14H22N2O3S/c1-2-11-4-5-12(15)8-14(11)20(18,19)16-9-10-3-6-13(17)7-10/h4-5,8,10,13,16-17H,2-3,6-7,9,15H2,1H3. The second-order valence-electron chi connectivity index (χ2n) is 5.41. The maximum Gasteiger partial charge on any atom is 0.240 e. The van der Waals surface area contributed by atoms with Gasteiger partial charge in [0.15, 0.2) is 0 Å². The Kier molecular flexibility index (Phi) is 4.67. The first-order chi connectivity index (χ1) is 9.42. The number of hydrogen-bond acceptors (Lipinski definition) is 4. The number of nitrogen functional groups attached to an aromatic ring is 1. The van der Waals surface area contributed by atoms with Gasteiger partial charge in [0, 0.05) is 12.2 Å². The number of nitrogens with one attached hydrogen (secondary N) is 1. The van der Waals surface area contributed by atoms with Gasteiger partial charge in [-0.15, -0.1) is 0 Å². The van der Waals surface area contributed by atoms with Crippen molar-refractivity contribution in [2.24, 2.45) is 5.92 Å². The molecule has 2 atom stereocenters. The quantitative estimate of drug-likeness (QED) is 0.714. The Hall–Kier alpha value is -1.11. The summed E-state index contributed by atoms with van der Waals surface area (Å²) in [6.45, 7) is 2.29. The van der Waals surface area contributed by atoms with E-state index in [9.17, 15) is 13.5 Å². The number of rotatable bonds is 5. The Labute approximate surface area is 120 Å². The number of benzene rings is 1. The summed E-state index contributed by atoms with van der Waals surface area (Å²) in [5.41, 5.74) is 6.90. The van der Waals surface area contributed by atoms with Crippen molar-refractivity contribution in [3.63, 3.8) is 0 Å². The Morgan fingerprint density at radius 3 is 2.75 bits per heavy atom. The minimum atomic E-state index is -3.54. The highest BCUT2D eigenvalue weighted by Crippen LogP contribution is 2.25. The molecule has 1 aliphatic carbocycles. The first-order valence-electron chi connectivity index (χ1n) is 6.98. The molecular formula is C14H22N2O3S. The van der Waals surface area contributed by atoms with Crippen LogP contribution in [0.3, 0.4) is 0 Å². The van der Waals surface area contributed by atoms with Crippen LogP contribution in [0.4, 0.5) is 5.69 Å². The van der Waals surface area contributed by atoms with Crippen LogP contribution in [0.25, 0.3) is 0 Å². The summed E-state index contributed by atoms with van der Waals surface area (Å²) in [5, 5.41) is 9.47. The van der Waals surface area contributed by atoms with Crippen LogP contribution in [0, 0.1) is 5.92 Å². The van der Waals surface area contributed by atoms with E-state index >= 15 is 0 Å². The molecule has 0 amide bonds. The molecule has 4 N–H and O–H groups in total. The number of anilines is 1. The molecule has 0 aromatic heterocycles. The van der Waals surface area contributed by atoms with Crippen LogP contribution in [0.2, 0.25) is 0 Å². The molecule has 0 saturated heterocycles. The van der Waals surface area contributed by atoms with E-state index in [2.05, 4.69) is 4.72 Å². The highest BCUT2D eigenvalue weighted by atomic mass is 32.2. The Bertz CT molecular complexity index is 572. The normalized spacial score (nSPS) is 23.1. The van der Waals surface area contributed by atoms with E-state index in [0.29, 0.717) is 25.1 Å².